The van der Waals surface area contributed by atoms with E-state index >= 15 is 4.39 Å². The monoisotopic (exact) mass is 535 g/mol. The Morgan fingerprint density at radius 2 is 2.00 bits per heavy atom. The highest BCUT2D eigenvalue weighted by Gasteiger charge is 2.33. The van der Waals surface area contributed by atoms with Crippen LogP contribution in [0.25, 0.3) is 33.3 Å². The molecule has 0 aliphatic carbocycles. The Bertz CT molecular complexity index is 1540. The molecule has 1 amide bonds. The third-order valence-corrected chi connectivity index (χ3v) is 7.43. The molecule has 1 aliphatic heterocycles. The molecule has 5 rings (SSSR count). The SMILES string of the molecule is CNC(=O)c1ccc2nc(-c3cc(F)c4cnn(C5CCCCO5)c4c3)n(C(CC(=O)OC)C(C)(C)C)c2c1. The number of benzene rings is 2. The van der Waals surface area contributed by atoms with E-state index in [4.69, 9.17) is 14.5 Å². The molecule has 3 heterocycles. The van der Waals surface area contributed by atoms with E-state index in [9.17, 15) is 9.59 Å². The molecule has 0 saturated carbocycles. The zero-order chi connectivity index (χ0) is 27.9. The number of fused-ring (bicyclic) bond motifs is 2. The fourth-order valence-electron chi connectivity index (χ4n) is 5.30. The first-order chi connectivity index (χ1) is 18.6. The van der Waals surface area contributed by atoms with Gasteiger partial charge in [0.2, 0.25) is 0 Å². The molecule has 10 heteroatoms. The lowest BCUT2D eigenvalue weighted by molar-refractivity contribution is -0.142. The first kappa shape index (κ1) is 26.8. The number of hydrogen-bond donors (Lipinski definition) is 1. The van der Waals surface area contributed by atoms with Crippen molar-refractivity contribution in [2.45, 2.75) is 58.7 Å². The highest BCUT2D eigenvalue weighted by atomic mass is 19.1. The normalized spacial score (nSPS) is 16.9. The number of amides is 1. The highest BCUT2D eigenvalue weighted by molar-refractivity contribution is 5.98. The number of carbonyl (C=O) groups is 2. The molecule has 206 valence electrons. The van der Waals surface area contributed by atoms with E-state index < -0.39 is 17.3 Å². The molecule has 1 saturated heterocycles. The second-order valence-electron chi connectivity index (χ2n) is 11.1. The summed E-state index contributed by atoms with van der Waals surface area (Å²) in [5, 5.41) is 7.52. The van der Waals surface area contributed by atoms with Gasteiger partial charge < -0.3 is 19.4 Å². The van der Waals surface area contributed by atoms with Crippen LogP contribution in [0.5, 0.6) is 0 Å². The number of ether oxygens (including phenoxy) is 2. The highest BCUT2D eigenvalue weighted by Crippen LogP contribution is 2.41. The van der Waals surface area contributed by atoms with Crippen molar-refractivity contribution in [2.24, 2.45) is 5.41 Å². The van der Waals surface area contributed by atoms with E-state index in [1.54, 1.807) is 29.9 Å². The second-order valence-corrected chi connectivity index (χ2v) is 11.1. The molecule has 1 aliphatic rings. The lowest BCUT2D eigenvalue weighted by Gasteiger charge is -2.33. The van der Waals surface area contributed by atoms with Crippen molar-refractivity contribution in [3.05, 3.63) is 47.9 Å². The number of rotatable bonds is 6. The van der Waals surface area contributed by atoms with Crippen molar-refractivity contribution >= 4 is 33.8 Å². The van der Waals surface area contributed by atoms with Crippen LogP contribution in [-0.2, 0) is 14.3 Å². The molecule has 0 radical (unpaired) electrons. The maximum absolute atomic E-state index is 15.6. The summed E-state index contributed by atoms with van der Waals surface area (Å²) < 4.78 is 30.2. The lowest BCUT2D eigenvalue weighted by Crippen LogP contribution is -2.28. The molecule has 2 unspecified atom stereocenters. The summed E-state index contributed by atoms with van der Waals surface area (Å²) in [6.45, 7) is 6.71. The van der Waals surface area contributed by atoms with Gasteiger partial charge in [0.1, 0.15) is 11.6 Å². The van der Waals surface area contributed by atoms with Gasteiger partial charge in [-0.15, -0.1) is 0 Å². The van der Waals surface area contributed by atoms with Crippen LogP contribution >= 0.6 is 0 Å². The van der Waals surface area contributed by atoms with E-state index in [1.165, 1.54) is 19.4 Å². The number of aromatic nitrogens is 4. The minimum Gasteiger partial charge on any atom is -0.469 e. The van der Waals surface area contributed by atoms with Gasteiger partial charge in [-0.05, 0) is 55.0 Å². The lowest BCUT2D eigenvalue weighted by atomic mass is 9.84. The molecule has 0 bridgehead atoms. The molecule has 2 atom stereocenters. The third kappa shape index (κ3) is 5.01. The molecular formula is C29H34FN5O4. The minimum absolute atomic E-state index is 0.0707. The van der Waals surface area contributed by atoms with Crippen molar-refractivity contribution in [1.82, 2.24) is 24.6 Å². The van der Waals surface area contributed by atoms with Crippen LogP contribution in [0.3, 0.4) is 0 Å². The van der Waals surface area contributed by atoms with Crippen LogP contribution in [0.2, 0.25) is 0 Å². The number of nitrogens with one attached hydrogen (secondary N) is 1. The van der Waals surface area contributed by atoms with Gasteiger partial charge in [0.05, 0.1) is 47.7 Å². The number of esters is 1. The van der Waals surface area contributed by atoms with Crippen molar-refractivity contribution < 1.29 is 23.5 Å². The van der Waals surface area contributed by atoms with Gasteiger partial charge in [-0.2, -0.15) is 5.10 Å². The Morgan fingerprint density at radius 3 is 2.67 bits per heavy atom. The van der Waals surface area contributed by atoms with Crippen LogP contribution in [0.1, 0.15) is 69.1 Å². The topological polar surface area (TPSA) is 100 Å². The molecule has 4 aromatic rings. The quantitative estimate of drug-likeness (QED) is 0.332. The van der Waals surface area contributed by atoms with Crippen LogP contribution in [0.15, 0.2) is 36.5 Å². The Labute approximate surface area is 226 Å². The maximum atomic E-state index is 15.6. The first-order valence-corrected chi connectivity index (χ1v) is 13.2. The van der Waals surface area contributed by atoms with Gasteiger partial charge in [-0.3, -0.25) is 9.59 Å². The number of carbonyl (C=O) groups excluding carboxylic acids is 2. The standard InChI is InChI=1S/C29H34FN5O4/c1-29(2,3)24(15-26(36)38-5)34-23-13-17(28(37)31-4)9-10-21(23)33-27(34)18-12-20(30)19-16-32-35(22(19)14-18)25-8-6-7-11-39-25/h9-10,12-14,16,24-25H,6-8,11,15H2,1-5H3,(H,31,37). The van der Waals surface area contributed by atoms with Gasteiger partial charge in [0.25, 0.3) is 5.91 Å². The van der Waals surface area contributed by atoms with Crippen LogP contribution in [-0.4, -0.2) is 52.0 Å². The summed E-state index contributed by atoms with van der Waals surface area (Å²) in [4.78, 5) is 30.0. The molecular weight excluding hydrogens is 501 g/mol. The van der Waals surface area contributed by atoms with E-state index in [-0.39, 0.29) is 24.5 Å². The predicted octanol–water partition coefficient (Wildman–Crippen LogP) is 5.40. The smallest absolute Gasteiger partial charge is 0.307 e. The Balaban J connectivity index is 1.77. The van der Waals surface area contributed by atoms with Gasteiger partial charge >= 0.3 is 5.97 Å². The predicted molar refractivity (Wildman–Crippen MR) is 146 cm³/mol. The zero-order valence-corrected chi connectivity index (χ0v) is 23.0. The van der Waals surface area contributed by atoms with Gasteiger partial charge in [0.15, 0.2) is 6.23 Å². The number of hydrogen-bond acceptors (Lipinski definition) is 6. The van der Waals surface area contributed by atoms with Gasteiger partial charge in [0, 0.05) is 24.8 Å². The molecule has 39 heavy (non-hydrogen) atoms. The summed E-state index contributed by atoms with van der Waals surface area (Å²) in [6.07, 6.45) is 4.14. The molecule has 1 fully saturated rings. The van der Waals surface area contributed by atoms with E-state index in [1.807, 2.05) is 31.4 Å². The van der Waals surface area contributed by atoms with E-state index in [0.717, 1.165) is 19.3 Å². The average Bonchev–Trinajstić information content (AvgIpc) is 3.52. The Hall–Kier alpha value is -3.79. The molecule has 0 spiro atoms. The third-order valence-electron chi connectivity index (χ3n) is 7.43. The minimum atomic E-state index is -0.422. The summed E-state index contributed by atoms with van der Waals surface area (Å²) in [5.41, 5.74) is 2.48. The Morgan fingerprint density at radius 1 is 1.21 bits per heavy atom. The largest absolute Gasteiger partial charge is 0.469 e. The summed E-state index contributed by atoms with van der Waals surface area (Å²) in [7, 11) is 2.93. The van der Waals surface area contributed by atoms with Gasteiger partial charge in [-0.1, -0.05) is 20.8 Å². The summed E-state index contributed by atoms with van der Waals surface area (Å²) in [6, 6.07) is 8.15. The van der Waals surface area contributed by atoms with Crippen molar-refractivity contribution in [3.8, 4) is 11.4 Å². The maximum Gasteiger partial charge on any atom is 0.307 e. The fourth-order valence-corrected chi connectivity index (χ4v) is 5.30. The molecule has 1 N–H and O–H groups in total. The number of methoxy groups -OCH3 is 1. The number of halogens is 1. The first-order valence-electron chi connectivity index (χ1n) is 13.2. The van der Waals surface area contributed by atoms with E-state index in [2.05, 4.69) is 10.4 Å². The van der Waals surface area contributed by atoms with E-state index in [0.29, 0.717) is 45.5 Å². The van der Waals surface area contributed by atoms with Crippen molar-refractivity contribution in [3.63, 3.8) is 0 Å². The zero-order valence-electron chi connectivity index (χ0n) is 23.0. The number of imidazole rings is 1. The Kier molecular flexibility index (Phi) is 7.15. The molecule has 2 aromatic heterocycles. The van der Waals surface area contributed by atoms with Crippen molar-refractivity contribution in [2.75, 3.05) is 20.8 Å². The summed E-state index contributed by atoms with van der Waals surface area (Å²) in [5.74, 6) is -0.551. The van der Waals surface area contributed by atoms with Crippen LogP contribution < -0.4 is 5.32 Å². The van der Waals surface area contributed by atoms with Gasteiger partial charge in [-0.25, -0.2) is 14.1 Å². The van der Waals surface area contributed by atoms with Crippen LogP contribution in [0.4, 0.5) is 4.39 Å². The summed E-state index contributed by atoms with van der Waals surface area (Å²) >= 11 is 0. The second kappa shape index (κ2) is 10.4. The average molecular weight is 536 g/mol. The van der Waals surface area contributed by atoms with Crippen LogP contribution in [0, 0.1) is 11.2 Å². The van der Waals surface area contributed by atoms with Crippen molar-refractivity contribution in [1.29, 1.82) is 0 Å². The molecule has 9 nitrogen and oxygen atoms in total. The fraction of sp³-hybridized carbons (Fsp3) is 0.448. The number of nitrogens with zero attached hydrogens (tertiary/aromatic N) is 4. The molecule has 2 aromatic carbocycles.